The molecule has 0 saturated heterocycles. The minimum atomic E-state index is -0.767. The van der Waals surface area contributed by atoms with E-state index in [1.165, 1.54) is 27.5 Å². The molecule has 0 unspecified atom stereocenters. The van der Waals surface area contributed by atoms with Crippen LogP contribution < -0.4 is 30.3 Å². The highest BCUT2D eigenvalue weighted by Crippen LogP contribution is 2.35. The second kappa shape index (κ2) is 12.6. The number of allylic oxidation sites excluding steroid dienone is 1. The normalized spacial score (nSPS) is 15.1. The van der Waals surface area contributed by atoms with Gasteiger partial charge in [0.1, 0.15) is 5.75 Å². The molecule has 3 amide bonds. The first kappa shape index (κ1) is 28.0. The SMILES string of the molecule is COC(=O)C1=C(C)NC(=O)N[C@H]1c1ccc(OCC(=O)N/N=C\c2cc(Br)cc(Br)c2OC)c(OC)c1. The Labute approximate surface area is 229 Å². The quantitative estimate of drug-likeness (QED) is 0.217. The molecule has 0 aromatic heterocycles. The molecule has 1 aliphatic heterocycles. The van der Waals surface area contributed by atoms with Crippen LogP contribution in [0.15, 0.2) is 55.6 Å². The molecule has 0 bridgehead atoms. The molecule has 37 heavy (non-hydrogen) atoms. The van der Waals surface area contributed by atoms with Crippen LogP contribution in [0.25, 0.3) is 0 Å². The van der Waals surface area contributed by atoms with Crippen LogP contribution in [-0.4, -0.2) is 52.1 Å². The zero-order chi connectivity index (χ0) is 27.1. The van der Waals surface area contributed by atoms with Gasteiger partial charge in [-0.25, -0.2) is 15.0 Å². The molecule has 0 fully saturated rings. The van der Waals surface area contributed by atoms with E-state index >= 15 is 0 Å². The predicted octanol–water partition coefficient (Wildman–Crippen LogP) is 3.56. The van der Waals surface area contributed by atoms with Crippen molar-refractivity contribution in [1.29, 1.82) is 0 Å². The number of esters is 1. The van der Waals surface area contributed by atoms with Crippen LogP contribution in [0.1, 0.15) is 24.1 Å². The Kier molecular flexibility index (Phi) is 9.53. The van der Waals surface area contributed by atoms with Crippen molar-refractivity contribution >= 4 is 56.0 Å². The monoisotopic (exact) mass is 638 g/mol. The molecule has 3 rings (SSSR count). The zero-order valence-corrected chi connectivity index (χ0v) is 23.5. The van der Waals surface area contributed by atoms with Crippen molar-refractivity contribution < 1.29 is 33.3 Å². The van der Waals surface area contributed by atoms with E-state index < -0.39 is 23.9 Å². The van der Waals surface area contributed by atoms with E-state index in [1.54, 1.807) is 31.2 Å². The Bertz CT molecular complexity index is 1280. The lowest BCUT2D eigenvalue weighted by molar-refractivity contribution is -0.136. The van der Waals surface area contributed by atoms with Crippen molar-refractivity contribution in [2.75, 3.05) is 27.9 Å². The molecule has 1 atom stereocenters. The number of nitrogens with zero attached hydrogens (tertiary/aromatic N) is 1. The Morgan fingerprint density at radius 1 is 1.11 bits per heavy atom. The first-order valence-corrected chi connectivity index (χ1v) is 12.3. The summed E-state index contributed by atoms with van der Waals surface area (Å²) >= 11 is 6.80. The van der Waals surface area contributed by atoms with Gasteiger partial charge in [0.15, 0.2) is 18.1 Å². The summed E-state index contributed by atoms with van der Waals surface area (Å²) in [5.74, 6) is 0.0512. The smallest absolute Gasteiger partial charge is 0.337 e. The van der Waals surface area contributed by atoms with Crippen molar-refractivity contribution in [2.24, 2.45) is 5.10 Å². The van der Waals surface area contributed by atoms with Crippen LogP contribution in [0, 0.1) is 0 Å². The number of rotatable bonds is 9. The standard InChI is InChI=1S/C24H24Br2N4O7/c1-12-20(23(32)36-4)21(29-24(33)28-12)13-5-6-17(18(8-13)34-2)37-11-19(31)30-27-10-14-7-15(25)9-16(26)22(14)35-3/h5-10,21H,11H2,1-4H3,(H,30,31)(H2,28,29,33)/b27-10-/t21-/m0/s1. The number of nitrogens with one attached hydrogen (secondary N) is 3. The largest absolute Gasteiger partial charge is 0.495 e. The highest BCUT2D eigenvalue weighted by atomic mass is 79.9. The molecular formula is C24H24Br2N4O7. The Morgan fingerprint density at radius 3 is 2.54 bits per heavy atom. The maximum Gasteiger partial charge on any atom is 0.337 e. The first-order chi connectivity index (χ1) is 17.7. The number of carbonyl (C=O) groups excluding carboxylic acids is 3. The minimum absolute atomic E-state index is 0.254. The van der Waals surface area contributed by atoms with E-state index in [2.05, 4.69) is 53.0 Å². The number of hydrogen-bond donors (Lipinski definition) is 3. The van der Waals surface area contributed by atoms with Crippen molar-refractivity contribution in [3.63, 3.8) is 0 Å². The van der Waals surface area contributed by atoms with Gasteiger partial charge in [0.25, 0.3) is 5.91 Å². The van der Waals surface area contributed by atoms with Gasteiger partial charge in [-0.15, -0.1) is 0 Å². The van der Waals surface area contributed by atoms with Crippen LogP contribution in [0.5, 0.6) is 17.2 Å². The minimum Gasteiger partial charge on any atom is -0.495 e. The fourth-order valence-corrected chi connectivity index (χ4v) is 4.97. The molecule has 1 heterocycles. The number of halogens is 2. The first-order valence-electron chi connectivity index (χ1n) is 10.7. The summed E-state index contributed by atoms with van der Waals surface area (Å²) in [4.78, 5) is 36.6. The summed E-state index contributed by atoms with van der Waals surface area (Å²) in [6.45, 7) is 1.27. The van der Waals surface area contributed by atoms with Gasteiger partial charge in [0.2, 0.25) is 0 Å². The third-order valence-electron chi connectivity index (χ3n) is 5.19. The second-order valence-corrected chi connectivity index (χ2v) is 9.33. The van der Waals surface area contributed by atoms with Gasteiger partial charge in [0, 0.05) is 15.7 Å². The van der Waals surface area contributed by atoms with Gasteiger partial charge in [0.05, 0.1) is 43.6 Å². The second-order valence-electron chi connectivity index (χ2n) is 7.56. The van der Waals surface area contributed by atoms with E-state index in [-0.39, 0.29) is 17.9 Å². The van der Waals surface area contributed by atoms with Crippen molar-refractivity contribution in [2.45, 2.75) is 13.0 Å². The summed E-state index contributed by atoms with van der Waals surface area (Å²) in [6, 6.07) is 7.22. The number of carbonyl (C=O) groups is 3. The lowest BCUT2D eigenvalue weighted by atomic mass is 9.95. The molecule has 2 aromatic carbocycles. The van der Waals surface area contributed by atoms with Crippen molar-refractivity contribution in [3.8, 4) is 17.2 Å². The summed E-state index contributed by atoms with van der Waals surface area (Å²) < 4.78 is 22.7. The van der Waals surface area contributed by atoms with Gasteiger partial charge in [-0.3, -0.25) is 4.79 Å². The van der Waals surface area contributed by atoms with E-state index in [0.29, 0.717) is 28.3 Å². The molecule has 0 aliphatic carbocycles. The maximum atomic E-state index is 12.3. The number of ether oxygens (including phenoxy) is 4. The number of hydrazone groups is 1. The lowest BCUT2D eigenvalue weighted by Gasteiger charge is -2.28. The Hall–Kier alpha value is -3.58. The number of urea groups is 1. The highest BCUT2D eigenvalue weighted by Gasteiger charge is 2.32. The van der Waals surface area contributed by atoms with Crippen molar-refractivity contribution in [1.82, 2.24) is 16.1 Å². The van der Waals surface area contributed by atoms with E-state index in [9.17, 15) is 14.4 Å². The lowest BCUT2D eigenvalue weighted by Crippen LogP contribution is -2.45. The predicted molar refractivity (Wildman–Crippen MR) is 142 cm³/mol. The molecule has 0 spiro atoms. The molecule has 0 radical (unpaired) electrons. The van der Waals surface area contributed by atoms with Crippen LogP contribution >= 0.6 is 31.9 Å². The van der Waals surface area contributed by atoms with E-state index in [0.717, 1.165) is 8.95 Å². The molecule has 2 aromatic rings. The van der Waals surface area contributed by atoms with Crippen molar-refractivity contribution in [3.05, 3.63) is 61.7 Å². The fraction of sp³-hybridized carbons (Fsp3) is 0.250. The van der Waals surface area contributed by atoms with E-state index in [1.807, 2.05) is 6.07 Å². The summed E-state index contributed by atoms with van der Waals surface area (Å²) in [6.07, 6.45) is 1.45. The van der Waals surface area contributed by atoms with Gasteiger partial charge < -0.3 is 29.6 Å². The Balaban J connectivity index is 1.70. The number of methoxy groups -OCH3 is 3. The zero-order valence-electron chi connectivity index (χ0n) is 20.3. The van der Waals surface area contributed by atoms with Crippen LogP contribution in [-0.2, 0) is 14.3 Å². The molecule has 3 N–H and O–H groups in total. The summed E-state index contributed by atoms with van der Waals surface area (Å²) in [7, 11) is 4.23. The van der Waals surface area contributed by atoms with Gasteiger partial charge >= 0.3 is 12.0 Å². The summed E-state index contributed by atoms with van der Waals surface area (Å²) in [5, 5.41) is 9.22. The molecule has 11 nitrogen and oxygen atoms in total. The average molecular weight is 640 g/mol. The third kappa shape index (κ3) is 6.80. The van der Waals surface area contributed by atoms with Crippen LogP contribution in [0.2, 0.25) is 0 Å². The molecule has 0 saturated carbocycles. The van der Waals surface area contributed by atoms with Crippen LogP contribution in [0.4, 0.5) is 4.79 Å². The topological polar surface area (TPSA) is 137 Å². The number of benzene rings is 2. The molecule has 13 heteroatoms. The van der Waals surface area contributed by atoms with Crippen LogP contribution in [0.3, 0.4) is 0 Å². The molecular weight excluding hydrogens is 616 g/mol. The third-order valence-corrected chi connectivity index (χ3v) is 6.24. The number of hydrogen-bond acceptors (Lipinski definition) is 8. The van der Waals surface area contributed by atoms with E-state index in [4.69, 9.17) is 18.9 Å². The van der Waals surface area contributed by atoms with Gasteiger partial charge in [-0.1, -0.05) is 22.0 Å². The Morgan fingerprint density at radius 2 is 1.86 bits per heavy atom. The maximum absolute atomic E-state index is 12.3. The van der Waals surface area contributed by atoms with Gasteiger partial charge in [-0.2, -0.15) is 5.10 Å². The highest BCUT2D eigenvalue weighted by molar-refractivity contribution is 9.11. The fourth-order valence-electron chi connectivity index (χ4n) is 3.55. The molecule has 1 aliphatic rings. The number of amides is 3. The average Bonchev–Trinajstić information content (AvgIpc) is 2.86. The summed E-state index contributed by atoms with van der Waals surface area (Å²) in [5.41, 5.74) is 4.23. The van der Waals surface area contributed by atoms with Gasteiger partial charge in [-0.05, 0) is 52.7 Å². The molecule has 196 valence electrons.